The van der Waals surface area contributed by atoms with Gasteiger partial charge in [-0.25, -0.2) is 14.5 Å². The van der Waals surface area contributed by atoms with Gasteiger partial charge in [0.05, 0.1) is 17.2 Å². The molecule has 1 aromatic heterocycles. The van der Waals surface area contributed by atoms with Crippen LogP contribution in [0.3, 0.4) is 0 Å². The fourth-order valence-electron chi connectivity index (χ4n) is 1.96. The van der Waals surface area contributed by atoms with Crippen molar-refractivity contribution in [3.8, 4) is 0 Å². The second-order valence-corrected chi connectivity index (χ2v) is 7.04. The first-order valence-electron chi connectivity index (χ1n) is 7.84. The first-order chi connectivity index (χ1) is 12.1. The van der Waals surface area contributed by atoms with Crippen molar-refractivity contribution in [2.45, 2.75) is 32.4 Å². The van der Waals surface area contributed by atoms with Gasteiger partial charge < -0.3 is 15.6 Å². The van der Waals surface area contributed by atoms with Crippen LogP contribution in [-0.4, -0.2) is 55.2 Å². The van der Waals surface area contributed by atoms with E-state index in [4.69, 9.17) is 5.11 Å². The monoisotopic (exact) mass is 376 g/mol. The van der Waals surface area contributed by atoms with Crippen LogP contribution in [-0.2, 0) is 4.79 Å². The van der Waals surface area contributed by atoms with E-state index in [1.807, 2.05) is 0 Å². The van der Waals surface area contributed by atoms with E-state index >= 15 is 0 Å². The van der Waals surface area contributed by atoms with Crippen LogP contribution in [0, 0.1) is 5.21 Å². The largest absolute Gasteiger partial charge is 0.623 e. The molecule has 0 fully saturated rings. The summed E-state index contributed by atoms with van der Waals surface area (Å²) < 4.78 is 0.836. The quantitative estimate of drug-likeness (QED) is 0.239. The van der Waals surface area contributed by atoms with Gasteiger partial charge in [-0.05, 0) is 18.2 Å². The number of nitrogens with zero attached hydrogens (tertiary/aromatic N) is 3. The number of fused-ring (bicyclic) bond motifs is 1. The van der Waals surface area contributed by atoms with Gasteiger partial charge in [0.15, 0.2) is 11.8 Å². The Morgan fingerprint density at radius 1 is 1.38 bits per heavy atom. The normalized spacial score (nSPS) is 13.5. The molecule has 0 saturated heterocycles. The van der Waals surface area contributed by atoms with Crippen LogP contribution in [0.25, 0.3) is 11.0 Å². The lowest BCUT2D eigenvalue weighted by atomic mass is 10.1. The van der Waals surface area contributed by atoms with Gasteiger partial charge in [-0.3, -0.25) is 9.78 Å². The van der Waals surface area contributed by atoms with Crippen LogP contribution in [0.1, 0.15) is 36.8 Å². The summed E-state index contributed by atoms with van der Waals surface area (Å²) in [7, 11) is 0. The SMILES string of the molecule is CC(C)(C)/[N+]([O-])=C/c1ccc2ncc(C(=O)NC(CS)C(=O)O)nc2c1. The molecule has 2 rings (SSSR count). The van der Waals surface area contributed by atoms with Gasteiger partial charge in [-0.2, -0.15) is 12.6 Å². The minimum absolute atomic E-state index is 0.0162. The van der Waals surface area contributed by atoms with Gasteiger partial charge in [0, 0.05) is 32.1 Å². The van der Waals surface area contributed by atoms with Crippen molar-refractivity contribution >= 4 is 41.8 Å². The maximum absolute atomic E-state index is 12.2. The molecule has 2 N–H and O–H groups in total. The van der Waals surface area contributed by atoms with E-state index < -0.39 is 23.5 Å². The van der Waals surface area contributed by atoms with Gasteiger partial charge >= 0.3 is 5.97 Å². The second-order valence-electron chi connectivity index (χ2n) is 6.68. The third-order valence-electron chi connectivity index (χ3n) is 3.51. The summed E-state index contributed by atoms with van der Waals surface area (Å²) >= 11 is 3.90. The number of carbonyl (C=O) groups excluding carboxylic acids is 1. The molecule has 26 heavy (non-hydrogen) atoms. The first kappa shape index (κ1) is 19.6. The Bertz CT molecular complexity index is 877. The highest BCUT2D eigenvalue weighted by Gasteiger charge is 2.20. The lowest BCUT2D eigenvalue weighted by molar-refractivity contribution is -0.530. The molecule has 1 amide bonds. The number of rotatable bonds is 5. The van der Waals surface area contributed by atoms with Crippen molar-refractivity contribution in [1.29, 1.82) is 0 Å². The molecule has 1 heterocycles. The number of aliphatic carboxylic acids is 1. The van der Waals surface area contributed by atoms with Crippen LogP contribution in [0.15, 0.2) is 24.4 Å². The Labute approximate surface area is 156 Å². The number of amides is 1. The van der Waals surface area contributed by atoms with E-state index in [0.29, 0.717) is 16.6 Å². The third-order valence-corrected chi connectivity index (χ3v) is 3.88. The number of hydrogen-bond acceptors (Lipinski definition) is 6. The van der Waals surface area contributed by atoms with Crippen molar-refractivity contribution < 1.29 is 19.4 Å². The molecule has 1 atom stereocenters. The smallest absolute Gasteiger partial charge is 0.327 e. The summed E-state index contributed by atoms with van der Waals surface area (Å²) in [6.45, 7) is 5.38. The fraction of sp³-hybridized carbons (Fsp3) is 0.353. The van der Waals surface area contributed by atoms with Gasteiger partial charge in [0.2, 0.25) is 0 Å². The molecule has 138 valence electrons. The molecular weight excluding hydrogens is 356 g/mol. The first-order valence-corrected chi connectivity index (χ1v) is 8.47. The van der Waals surface area contributed by atoms with E-state index in [0.717, 1.165) is 4.74 Å². The van der Waals surface area contributed by atoms with Gasteiger partial charge in [-0.1, -0.05) is 0 Å². The molecule has 0 aliphatic rings. The van der Waals surface area contributed by atoms with Crippen molar-refractivity contribution in [1.82, 2.24) is 15.3 Å². The maximum atomic E-state index is 12.2. The molecule has 0 radical (unpaired) electrons. The minimum Gasteiger partial charge on any atom is -0.623 e. The van der Waals surface area contributed by atoms with E-state index in [1.54, 1.807) is 39.0 Å². The van der Waals surface area contributed by atoms with Crippen LogP contribution in [0.5, 0.6) is 0 Å². The molecule has 0 bridgehead atoms. The predicted molar refractivity (Wildman–Crippen MR) is 101 cm³/mol. The van der Waals surface area contributed by atoms with Crippen molar-refractivity contribution in [3.63, 3.8) is 0 Å². The summed E-state index contributed by atoms with van der Waals surface area (Å²) in [5.74, 6) is -1.89. The van der Waals surface area contributed by atoms with Crippen LogP contribution >= 0.6 is 12.6 Å². The molecule has 8 nitrogen and oxygen atoms in total. The van der Waals surface area contributed by atoms with Crippen molar-refractivity contribution in [3.05, 3.63) is 40.9 Å². The van der Waals surface area contributed by atoms with Crippen molar-refractivity contribution in [2.24, 2.45) is 0 Å². The molecule has 0 saturated carbocycles. The summed E-state index contributed by atoms with van der Waals surface area (Å²) in [5, 5.41) is 23.4. The molecule has 1 unspecified atom stereocenters. The van der Waals surface area contributed by atoms with E-state index in [-0.39, 0.29) is 11.4 Å². The Hall–Kier alpha value is -2.68. The van der Waals surface area contributed by atoms with Gasteiger partial charge in [0.25, 0.3) is 5.91 Å². The van der Waals surface area contributed by atoms with Gasteiger partial charge in [-0.15, -0.1) is 0 Å². The van der Waals surface area contributed by atoms with Gasteiger partial charge in [0.1, 0.15) is 11.7 Å². The number of benzene rings is 1. The molecular formula is C17H20N4O4S. The lowest BCUT2D eigenvalue weighted by Gasteiger charge is -2.18. The number of carboxylic acids is 1. The fourth-order valence-corrected chi connectivity index (χ4v) is 2.21. The van der Waals surface area contributed by atoms with Crippen LogP contribution in [0.2, 0.25) is 0 Å². The predicted octanol–water partition coefficient (Wildman–Crippen LogP) is 1.47. The Morgan fingerprint density at radius 2 is 2.08 bits per heavy atom. The highest BCUT2D eigenvalue weighted by Crippen LogP contribution is 2.13. The topological polar surface area (TPSA) is 118 Å². The Kier molecular flexibility index (Phi) is 5.81. The third kappa shape index (κ3) is 4.69. The molecule has 2 aromatic rings. The van der Waals surface area contributed by atoms with Crippen LogP contribution < -0.4 is 5.32 Å². The van der Waals surface area contributed by atoms with Crippen molar-refractivity contribution in [2.75, 3.05) is 5.75 Å². The summed E-state index contributed by atoms with van der Waals surface area (Å²) in [6, 6.07) is 3.95. The summed E-state index contributed by atoms with van der Waals surface area (Å²) in [4.78, 5) is 31.6. The lowest BCUT2D eigenvalue weighted by Crippen LogP contribution is -2.42. The summed E-state index contributed by atoms with van der Waals surface area (Å²) in [5.41, 5.74) is 0.994. The number of hydroxylamine groups is 1. The van der Waals surface area contributed by atoms with E-state index in [1.165, 1.54) is 12.4 Å². The highest BCUT2D eigenvalue weighted by atomic mass is 32.1. The van der Waals surface area contributed by atoms with E-state index in [9.17, 15) is 14.8 Å². The molecule has 9 heteroatoms. The molecule has 1 aromatic carbocycles. The standard InChI is InChI=1S/C17H20N4O4S/c1-17(2,3)21(25)8-10-4-5-11-12(6-10)19-13(7-18-11)15(22)20-14(9-26)16(23)24/h4-8,14,26H,9H2,1-3H3,(H,20,22)(H,23,24)/b21-8-. The number of carboxylic acid groups (broad SMARTS) is 1. The Balaban J connectivity index is 2.34. The number of carbonyl (C=O) groups is 2. The minimum atomic E-state index is -1.18. The average Bonchev–Trinajstić information content (AvgIpc) is 2.57. The molecule has 0 aliphatic carbocycles. The average molecular weight is 376 g/mol. The second kappa shape index (κ2) is 7.69. The number of hydrogen-bond donors (Lipinski definition) is 3. The summed E-state index contributed by atoms with van der Waals surface area (Å²) in [6.07, 6.45) is 2.71. The number of thiol groups is 1. The molecule has 0 spiro atoms. The number of nitrogens with one attached hydrogen (secondary N) is 1. The highest BCUT2D eigenvalue weighted by molar-refractivity contribution is 7.80. The zero-order chi connectivity index (χ0) is 19.5. The van der Waals surface area contributed by atoms with E-state index in [2.05, 4.69) is 27.9 Å². The van der Waals surface area contributed by atoms with Crippen LogP contribution in [0.4, 0.5) is 0 Å². The zero-order valence-corrected chi connectivity index (χ0v) is 15.5. The number of aromatic nitrogens is 2. The molecule has 0 aliphatic heterocycles. The maximum Gasteiger partial charge on any atom is 0.327 e. The Morgan fingerprint density at radius 3 is 2.65 bits per heavy atom. The zero-order valence-electron chi connectivity index (χ0n) is 14.6.